The van der Waals surface area contributed by atoms with Crippen LogP contribution < -0.4 is 10.1 Å². The first-order chi connectivity index (χ1) is 10.1. The smallest absolute Gasteiger partial charge is 0.165 e. The molecule has 0 bridgehead atoms. The van der Waals surface area contributed by atoms with E-state index in [4.69, 9.17) is 16.3 Å². The topological polar surface area (TPSA) is 21.3 Å². The quantitative estimate of drug-likeness (QED) is 0.887. The second-order valence-electron chi connectivity index (χ2n) is 5.01. The van der Waals surface area contributed by atoms with Crippen LogP contribution in [0, 0.1) is 11.6 Å². The minimum absolute atomic E-state index is 0.0277. The Morgan fingerprint density at radius 2 is 2.00 bits per heavy atom. The summed E-state index contributed by atoms with van der Waals surface area (Å²) in [5.74, 6) is -1.08. The predicted molar refractivity (Wildman–Crippen MR) is 77.6 cm³/mol. The average molecular weight is 310 g/mol. The molecule has 0 aromatic heterocycles. The predicted octanol–water partition coefficient (Wildman–Crippen LogP) is 4.40. The Morgan fingerprint density at radius 3 is 2.76 bits per heavy atom. The summed E-state index contributed by atoms with van der Waals surface area (Å²) in [4.78, 5) is 0. The van der Waals surface area contributed by atoms with E-state index in [0.717, 1.165) is 11.6 Å². The normalized spacial score (nSPS) is 20.8. The van der Waals surface area contributed by atoms with Gasteiger partial charge in [-0.05, 0) is 31.3 Å². The molecular weight excluding hydrogens is 296 g/mol. The van der Waals surface area contributed by atoms with Crippen molar-refractivity contribution in [2.24, 2.45) is 0 Å². The molecular formula is C16H14ClF2NO. The molecule has 0 spiro atoms. The van der Waals surface area contributed by atoms with Crippen molar-refractivity contribution < 1.29 is 13.5 Å². The largest absolute Gasteiger partial charge is 0.485 e. The van der Waals surface area contributed by atoms with Crippen molar-refractivity contribution in [1.82, 2.24) is 5.32 Å². The third-order valence-electron chi connectivity index (χ3n) is 3.74. The summed E-state index contributed by atoms with van der Waals surface area (Å²) in [6, 6.07) is 9.42. The van der Waals surface area contributed by atoms with E-state index in [1.807, 2.05) is 13.1 Å². The monoisotopic (exact) mass is 309 g/mol. The van der Waals surface area contributed by atoms with Crippen LogP contribution in [-0.4, -0.2) is 7.05 Å². The van der Waals surface area contributed by atoms with Gasteiger partial charge in [-0.1, -0.05) is 23.7 Å². The second-order valence-corrected chi connectivity index (χ2v) is 5.45. The Labute approximate surface area is 126 Å². The molecule has 1 heterocycles. The van der Waals surface area contributed by atoms with E-state index in [2.05, 4.69) is 5.32 Å². The Hall–Kier alpha value is -1.65. The standard InChI is InChI=1S/C16H14ClF2NO/c1-20-13-8-15(10-3-2-4-12(18)16(10)19)21-14-6-5-9(17)7-11(13)14/h2-7,13,15,20H,8H2,1H3. The summed E-state index contributed by atoms with van der Waals surface area (Å²) in [6.07, 6.45) is -0.0312. The van der Waals surface area contributed by atoms with Gasteiger partial charge in [0.1, 0.15) is 11.9 Å². The van der Waals surface area contributed by atoms with Gasteiger partial charge >= 0.3 is 0 Å². The second kappa shape index (κ2) is 5.62. The Morgan fingerprint density at radius 1 is 1.19 bits per heavy atom. The summed E-state index contributed by atoms with van der Waals surface area (Å²) in [5, 5.41) is 3.78. The first kappa shape index (κ1) is 14.3. The van der Waals surface area contributed by atoms with Crippen LogP contribution in [0.1, 0.15) is 29.7 Å². The number of ether oxygens (including phenoxy) is 1. The van der Waals surface area contributed by atoms with Gasteiger partial charge in [0.25, 0.3) is 0 Å². The summed E-state index contributed by atoms with van der Waals surface area (Å²) in [5.41, 5.74) is 1.16. The highest BCUT2D eigenvalue weighted by Crippen LogP contribution is 2.42. The molecule has 0 aliphatic carbocycles. The minimum Gasteiger partial charge on any atom is -0.485 e. The molecule has 0 radical (unpaired) electrons. The van der Waals surface area contributed by atoms with Gasteiger partial charge in [-0.25, -0.2) is 8.78 Å². The zero-order valence-electron chi connectivity index (χ0n) is 11.4. The van der Waals surface area contributed by atoms with Crippen LogP contribution in [0.5, 0.6) is 5.75 Å². The molecule has 1 N–H and O–H groups in total. The van der Waals surface area contributed by atoms with Gasteiger partial charge in [-0.3, -0.25) is 0 Å². The van der Waals surface area contributed by atoms with Crippen LogP contribution in [0.2, 0.25) is 5.02 Å². The maximum absolute atomic E-state index is 14.0. The van der Waals surface area contributed by atoms with Crippen molar-refractivity contribution in [3.63, 3.8) is 0 Å². The maximum Gasteiger partial charge on any atom is 0.165 e. The fraction of sp³-hybridized carbons (Fsp3) is 0.250. The molecule has 1 aliphatic rings. The summed E-state index contributed by atoms with van der Waals surface area (Å²) in [6.45, 7) is 0. The third-order valence-corrected chi connectivity index (χ3v) is 3.98. The molecule has 0 amide bonds. The van der Waals surface area contributed by atoms with Crippen molar-refractivity contribution in [2.75, 3.05) is 7.05 Å². The Kier molecular flexibility index (Phi) is 3.83. The van der Waals surface area contributed by atoms with Gasteiger partial charge in [0, 0.05) is 28.6 Å². The molecule has 3 rings (SSSR count). The molecule has 2 aromatic carbocycles. The SMILES string of the molecule is CNC1CC(c2cccc(F)c2F)Oc2ccc(Cl)cc21. The van der Waals surface area contributed by atoms with E-state index >= 15 is 0 Å². The lowest BCUT2D eigenvalue weighted by Gasteiger charge is -2.32. The summed E-state index contributed by atoms with van der Waals surface area (Å²) >= 11 is 6.01. The molecule has 2 nitrogen and oxygen atoms in total. The number of hydrogen-bond donors (Lipinski definition) is 1. The van der Waals surface area contributed by atoms with Crippen molar-refractivity contribution >= 4 is 11.6 Å². The van der Waals surface area contributed by atoms with Gasteiger partial charge in [0.15, 0.2) is 11.6 Å². The van der Waals surface area contributed by atoms with Crippen LogP contribution in [0.3, 0.4) is 0 Å². The Bertz CT molecular complexity index is 677. The van der Waals surface area contributed by atoms with Crippen LogP contribution in [-0.2, 0) is 0 Å². The van der Waals surface area contributed by atoms with E-state index in [9.17, 15) is 8.78 Å². The molecule has 2 atom stereocenters. The Balaban J connectivity index is 2.01. The maximum atomic E-state index is 14.0. The van der Waals surface area contributed by atoms with E-state index in [1.54, 1.807) is 18.2 Å². The van der Waals surface area contributed by atoms with Crippen LogP contribution >= 0.6 is 11.6 Å². The number of benzene rings is 2. The molecule has 2 aromatic rings. The van der Waals surface area contributed by atoms with Gasteiger partial charge < -0.3 is 10.1 Å². The minimum atomic E-state index is -0.862. The van der Waals surface area contributed by atoms with Crippen LogP contribution in [0.25, 0.3) is 0 Å². The fourth-order valence-corrected chi connectivity index (χ4v) is 2.85. The van der Waals surface area contributed by atoms with Crippen molar-refractivity contribution in [3.8, 4) is 5.75 Å². The molecule has 5 heteroatoms. The number of nitrogens with one attached hydrogen (secondary N) is 1. The van der Waals surface area contributed by atoms with Gasteiger partial charge in [-0.2, -0.15) is 0 Å². The number of halogens is 3. The van der Waals surface area contributed by atoms with Crippen molar-refractivity contribution in [2.45, 2.75) is 18.6 Å². The van der Waals surface area contributed by atoms with E-state index in [-0.39, 0.29) is 11.6 Å². The van der Waals surface area contributed by atoms with Crippen molar-refractivity contribution in [3.05, 3.63) is 64.2 Å². The first-order valence-electron chi connectivity index (χ1n) is 6.67. The van der Waals surface area contributed by atoms with Gasteiger partial charge in [0.2, 0.25) is 0 Å². The lowest BCUT2D eigenvalue weighted by molar-refractivity contribution is 0.149. The van der Waals surface area contributed by atoms with Crippen LogP contribution in [0.4, 0.5) is 8.78 Å². The molecule has 21 heavy (non-hydrogen) atoms. The first-order valence-corrected chi connectivity index (χ1v) is 7.05. The molecule has 2 unspecified atom stereocenters. The molecule has 0 saturated heterocycles. The van der Waals surface area contributed by atoms with Crippen molar-refractivity contribution in [1.29, 1.82) is 0 Å². The van der Waals surface area contributed by atoms with E-state index in [1.165, 1.54) is 6.07 Å². The highest BCUT2D eigenvalue weighted by molar-refractivity contribution is 6.30. The fourth-order valence-electron chi connectivity index (χ4n) is 2.67. The van der Waals surface area contributed by atoms with Gasteiger partial charge in [-0.15, -0.1) is 0 Å². The molecule has 110 valence electrons. The highest BCUT2D eigenvalue weighted by atomic mass is 35.5. The number of fused-ring (bicyclic) bond motifs is 1. The number of rotatable bonds is 2. The molecule has 1 aliphatic heterocycles. The van der Waals surface area contributed by atoms with E-state index < -0.39 is 17.7 Å². The lowest BCUT2D eigenvalue weighted by Crippen LogP contribution is -2.27. The zero-order chi connectivity index (χ0) is 15.0. The highest BCUT2D eigenvalue weighted by Gasteiger charge is 2.30. The van der Waals surface area contributed by atoms with Crippen LogP contribution in [0.15, 0.2) is 36.4 Å². The summed E-state index contributed by atoms with van der Waals surface area (Å²) < 4.78 is 33.2. The third kappa shape index (κ3) is 2.61. The number of hydrogen-bond acceptors (Lipinski definition) is 2. The summed E-state index contributed by atoms with van der Waals surface area (Å²) in [7, 11) is 1.82. The average Bonchev–Trinajstić information content (AvgIpc) is 2.49. The van der Waals surface area contributed by atoms with E-state index in [0.29, 0.717) is 17.2 Å². The molecule has 0 fully saturated rings. The van der Waals surface area contributed by atoms with Gasteiger partial charge in [0.05, 0.1) is 0 Å². The zero-order valence-corrected chi connectivity index (χ0v) is 12.1. The lowest BCUT2D eigenvalue weighted by atomic mass is 9.93. The molecule has 0 saturated carbocycles.